The molecular formula is C11H14BrCl2NO2S2. The molecule has 2 unspecified atom stereocenters. The van der Waals surface area contributed by atoms with Gasteiger partial charge < -0.3 is 0 Å². The fourth-order valence-electron chi connectivity index (χ4n) is 2.26. The Kier molecular flexibility index (Phi) is 5.59. The van der Waals surface area contributed by atoms with Crippen molar-refractivity contribution in [2.45, 2.75) is 35.9 Å². The lowest BCUT2D eigenvalue weighted by Crippen LogP contribution is -2.42. The highest BCUT2D eigenvalue weighted by atomic mass is 79.9. The number of alkyl halides is 1. The average Bonchev–Trinajstić information content (AvgIpc) is 2.71. The molecule has 108 valence electrons. The molecule has 2 atom stereocenters. The van der Waals surface area contributed by atoms with E-state index in [1.807, 2.05) is 0 Å². The standard InChI is InChI=1S/C11H14BrCl2NO2S2/c12-11-8(14)5-10(18-11)19(16,17)15-9-4-2-1-3-7(9)6-13/h5,7,9,15H,1-4,6H2. The topological polar surface area (TPSA) is 46.2 Å². The molecule has 1 aromatic heterocycles. The van der Waals surface area contributed by atoms with Gasteiger partial charge in [0.1, 0.15) is 4.21 Å². The molecule has 1 fully saturated rings. The van der Waals surface area contributed by atoms with Gasteiger partial charge in [-0.3, -0.25) is 0 Å². The maximum Gasteiger partial charge on any atom is 0.250 e. The zero-order valence-corrected chi connectivity index (χ0v) is 14.8. The lowest BCUT2D eigenvalue weighted by molar-refractivity contribution is 0.314. The quantitative estimate of drug-likeness (QED) is 0.760. The third-order valence-corrected chi connectivity index (χ3v) is 8.14. The van der Waals surface area contributed by atoms with Gasteiger partial charge in [-0.05, 0) is 40.8 Å². The lowest BCUT2D eigenvalue weighted by Gasteiger charge is -2.30. The highest BCUT2D eigenvalue weighted by molar-refractivity contribution is 9.11. The Labute approximate surface area is 135 Å². The summed E-state index contributed by atoms with van der Waals surface area (Å²) in [6, 6.07) is 1.40. The van der Waals surface area contributed by atoms with Gasteiger partial charge in [-0.25, -0.2) is 13.1 Å². The highest BCUT2D eigenvalue weighted by Crippen LogP contribution is 2.35. The van der Waals surface area contributed by atoms with Crippen LogP contribution in [0.15, 0.2) is 14.1 Å². The van der Waals surface area contributed by atoms with Gasteiger partial charge in [0.05, 0.1) is 8.81 Å². The van der Waals surface area contributed by atoms with Gasteiger partial charge in [0.2, 0.25) is 10.0 Å². The number of rotatable bonds is 4. The van der Waals surface area contributed by atoms with Crippen LogP contribution in [0.1, 0.15) is 25.7 Å². The van der Waals surface area contributed by atoms with Gasteiger partial charge in [0.25, 0.3) is 0 Å². The van der Waals surface area contributed by atoms with Crippen LogP contribution in [0, 0.1) is 5.92 Å². The maximum atomic E-state index is 12.3. The molecule has 0 amide bonds. The van der Waals surface area contributed by atoms with Crippen molar-refractivity contribution < 1.29 is 8.42 Å². The number of hydrogen-bond acceptors (Lipinski definition) is 3. The van der Waals surface area contributed by atoms with E-state index in [9.17, 15) is 8.42 Å². The second-order valence-corrected chi connectivity index (χ2v) is 9.64. The predicted octanol–water partition coefficient (Wildman–Crippen LogP) is 4.24. The van der Waals surface area contributed by atoms with Crippen molar-refractivity contribution in [3.8, 4) is 0 Å². The molecule has 3 nitrogen and oxygen atoms in total. The first-order valence-corrected chi connectivity index (χ1v) is 9.97. The van der Waals surface area contributed by atoms with E-state index in [1.165, 1.54) is 6.07 Å². The molecule has 0 radical (unpaired) electrons. The monoisotopic (exact) mass is 405 g/mol. The summed E-state index contributed by atoms with van der Waals surface area (Å²) in [6.07, 6.45) is 3.98. The van der Waals surface area contributed by atoms with E-state index in [1.54, 1.807) is 0 Å². The van der Waals surface area contributed by atoms with Gasteiger partial charge in [0.15, 0.2) is 0 Å². The fourth-order valence-corrected chi connectivity index (χ4v) is 6.39. The first kappa shape index (κ1) is 16.0. The molecule has 1 N–H and O–H groups in total. The minimum atomic E-state index is -3.51. The number of halogens is 3. The highest BCUT2D eigenvalue weighted by Gasteiger charge is 2.30. The van der Waals surface area contributed by atoms with Crippen LogP contribution in [0.4, 0.5) is 0 Å². The van der Waals surface area contributed by atoms with Gasteiger partial charge >= 0.3 is 0 Å². The molecule has 0 bridgehead atoms. The normalized spacial score (nSPS) is 24.6. The fraction of sp³-hybridized carbons (Fsp3) is 0.636. The van der Waals surface area contributed by atoms with Crippen LogP contribution in [-0.2, 0) is 10.0 Å². The van der Waals surface area contributed by atoms with Gasteiger partial charge in [0, 0.05) is 11.9 Å². The minimum Gasteiger partial charge on any atom is -0.207 e. The summed E-state index contributed by atoms with van der Waals surface area (Å²) in [5.41, 5.74) is 0. The largest absolute Gasteiger partial charge is 0.250 e. The van der Waals surface area contributed by atoms with Gasteiger partial charge in [-0.2, -0.15) is 0 Å². The van der Waals surface area contributed by atoms with E-state index in [2.05, 4.69) is 20.7 Å². The molecule has 1 heterocycles. The average molecular weight is 407 g/mol. The van der Waals surface area contributed by atoms with Crippen LogP contribution in [0.5, 0.6) is 0 Å². The number of thiophene rings is 1. The molecular weight excluding hydrogens is 393 g/mol. The molecule has 0 spiro atoms. The van der Waals surface area contributed by atoms with Crippen LogP contribution in [0.2, 0.25) is 5.02 Å². The molecule has 1 aliphatic carbocycles. The number of hydrogen-bond donors (Lipinski definition) is 1. The van der Waals surface area contributed by atoms with Crippen LogP contribution >= 0.6 is 50.5 Å². The first-order chi connectivity index (χ1) is 8.94. The van der Waals surface area contributed by atoms with Crippen LogP contribution in [0.3, 0.4) is 0 Å². The Bertz CT molecular complexity index is 527. The van der Waals surface area contributed by atoms with Crippen molar-refractivity contribution in [3.63, 3.8) is 0 Å². The molecule has 1 aliphatic rings. The Morgan fingerprint density at radius 2 is 2.11 bits per heavy atom. The summed E-state index contributed by atoms with van der Waals surface area (Å²) in [5, 5.41) is 0.419. The second kappa shape index (κ2) is 6.62. The Hall–Kier alpha value is 0.670. The zero-order valence-electron chi connectivity index (χ0n) is 10.0. The van der Waals surface area contributed by atoms with E-state index >= 15 is 0 Å². The molecule has 0 saturated heterocycles. The molecule has 8 heteroatoms. The van der Waals surface area contributed by atoms with Crippen molar-refractivity contribution in [2.75, 3.05) is 5.88 Å². The van der Waals surface area contributed by atoms with Crippen molar-refractivity contribution in [3.05, 3.63) is 14.9 Å². The second-order valence-electron chi connectivity index (χ2n) is 4.61. The summed E-state index contributed by atoms with van der Waals surface area (Å²) >= 11 is 16.2. The van der Waals surface area contributed by atoms with Crippen LogP contribution in [0.25, 0.3) is 0 Å². The Balaban J connectivity index is 2.16. The summed E-state index contributed by atoms with van der Waals surface area (Å²) in [6.45, 7) is 0. The molecule has 19 heavy (non-hydrogen) atoms. The van der Waals surface area contributed by atoms with Crippen molar-refractivity contribution >= 4 is 60.5 Å². The number of sulfonamides is 1. The molecule has 0 aliphatic heterocycles. The SMILES string of the molecule is O=S(=O)(NC1CCCCC1CCl)c1cc(Cl)c(Br)s1. The van der Waals surface area contributed by atoms with Crippen molar-refractivity contribution in [1.82, 2.24) is 4.72 Å². The number of nitrogens with one attached hydrogen (secondary N) is 1. The third kappa shape index (κ3) is 3.86. The van der Waals surface area contributed by atoms with Crippen LogP contribution in [-0.4, -0.2) is 20.3 Å². The Morgan fingerprint density at radius 3 is 2.68 bits per heavy atom. The van der Waals surface area contributed by atoms with E-state index in [0.717, 1.165) is 37.0 Å². The molecule has 2 rings (SSSR count). The molecule has 1 saturated carbocycles. The van der Waals surface area contributed by atoms with E-state index in [-0.39, 0.29) is 16.2 Å². The third-order valence-electron chi connectivity index (χ3n) is 3.30. The van der Waals surface area contributed by atoms with Crippen molar-refractivity contribution in [1.29, 1.82) is 0 Å². The Morgan fingerprint density at radius 1 is 1.42 bits per heavy atom. The minimum absolute atomic E-state index is 0.0732. The summed E-state index contributed by atoms with van der Waals surface area (Å²) < 4.78 is 28.3. The van der Waals surface area contributed by atoms with E-state index in [0.29, 0.717) is 14.7 Å². The summed E-state index contributed by atoms with van der Waals surface area (Å²) in [5.74, 6) is 0.700. The lowest BCUT2D eigenvalue weighted by atomic mass is 9.86. The smallest absolute Gasteiger partial charge is 0.207 e. The van der Waals surface area contributed by atoms with Gasteiger partial charge in [-0.1, -0.05) is 24.4 Å². The zero-order chi connectivity index (χ0) is 14.0. The first-order valence-electron chi connectivity index (χ1n) is 5.97. The summed E-state index contributed by atoms with van der Waals surface area (Å²) in [4.78, 5) is 0. The van der Waals surface area contributed by atoms with Gasteiger partial charge in [-0.15, -0.1) is 22.9 Å². The molecule has 1 aromatic rings. The summed E-state index contributed by atoms with van der Waals surface area (Å²) in [7, 11) is -3.51. The maximum absolute atomic E-state index is 12.3. The van der Waals surface area contributed by atoms with Crippen LogP contribution < -0.4 is 4.72 Å². The van der Waals surface area contributed by atoms with E-state index in [4.69, 9.17) is 23.2 Å². The predicted molar refractivity (Wildman–Crippen MR) is 83.8 cm³/mol. The van der Waals surface area contributed by atoms with Crippen molar-refractivity contribution in [2.24, 2.45) is 5.92 Å². The molecule has 0 aromatic carbocycles. The van der Waals surface area contributed by atoms with E-state index < -0.39 is 10.0 Å².